The van der Waals surface area contributed by atoms with Gasteiger partial charge in [0.05, 0.1) is 5.71 Å². The fraction of sp³-hybridized carbons (Fsp3) is 0.348. The zero-order valence-electron chi connectivity index (χ0n) is 17.1. The number of benzene rings is 2. The highest BCUT2D eigenvalue weighted by Crippen LogP contribution is 2.20. The van der Waals surface area contributed by atoms with Gasteiger partial charge in [-0.25, -0.2) is 5.43 Å². The Labute approximate surface area is 172 Å². The lowest BCUT2D eigenvalue weighted by molar-refractivity contribution is -0.136. The molecular formula is C23H28N4O2. The van der Waals surface area contributed by atoms with Crippen molar-refractivity contribution in [2.75, 3.05) is 23.3 Å². The quantitative estimate of drug-likeness (QED) is 0.471. The Morgan fingerprint density at radius 2 is 1.48 bits per heavy atom. The summed E-state index contributed by atoms with van der Waals surface area (Å²) in [5.74, 6) is -1.55. The van der Waals surface area contributed by atoms with Gasteiger partial charge in [-0.3, -0.25) is 9.59 Å². The van der Waals surface area contributed by atoms with E-state index in [1.54, 1.807) is 19.1 Å². The largest absolute Gasteiger partial charge is 0.372 e. The van der Waals surface area contributed by atoms with Crippen LogP contribution in [0.5, 0.6) is 0 Å². The number of hydrogen-bond acceptors (Lipinski definition) is 4. The van der Waals surface area contributed by atoms with Crippen LogP contribution < -0.4 is 15.6 Å². The zero-order valence-corrected chi connectivity index (χ0v) is 17.1. The molecule has 0 aliphatic carbocycles. The molecule has 0 atom stereocenters. The number of hydrazone groups is 1. The molecule has 2 N–H and O–H groups in total. The Balaban J connectivity index is 1.56. The van der Waals surface area contributed by atoms with Gasteiger partial charge in [-0.15, -0.1) is 0 Å². The van der Waals surface area contributed by atoms with E-state index in [1.165, 1.54) is 31.4 Å². The molecule has 2 amide bonds. The number of aryl methyl sites for hydroxylation is 1. The first-order chi connectivity index (χ1) is 14.0. The predicted molar refractivity (Wildman–Crippen MR) is 117 cm³/mol. The third-order valence-corrected chi connectivity index (χ3v) is 5.10. The van der Waals surface area contributed by atoms with Gasteiger partial charge < -0.3 is 10.2 Å². The summed E-state index contributed by atoms with van der Waals surface area (Å²) in [6, 6.07) is 15.4. The van der Waals surface area contributed by atoms with Crippen LogP contribution in [0.15, 0.2) is 53.6 Å². The summed E-state index contributed by atoms with van der Waals surface area (Å²) in [6.45, 7) is 5.95. The lowest BCUT2D eigenvalue weighted by atomic mass is 10.1. The van der Waals surface area contributed by atoms with Crippen LogP contribution in [-0.2, 0) is 9.59 Å². The summed E-state index contributed by atoms with van der Waals surface area (Å²) in [5, 5.41) is 6.63. The van der Waals surface area contributed by atoms with Crippen molar-refractivity contribution in [3.05, 3.63) is 59.7 Å². The van der Waals surface area contributed by atoms with Crippen LogP contribution in [0.3, 0.4) is 0 Å². The molecule has 0 aromatic heterocycles. The Morgan fingerprint density at radius 1 is 0.862 bits per heavy atom. The van der Waals surface area contributed by atoms with Crippen LogP contribution in [0.4, 0.5) is 11.4 Å². The molecule has 3 rings (SSSR count). The summed E-state index contributed by atoms with van der Waals surface area (Å²) in [4.78, 5) is 26.4. The number of rotatable bonds is 4. The van der Waals surface area contributed by atoms with E-state index < -0.39 is 11.8 Å². The number of hydrogen-bond donors (Lipinski definition) is 2. The Hall–Kier alpha value is -3.15. The highest BCUT2D eigenvalue weighted by molar-refractivity contribution is 6.39. The van der Waals surface area contributed by atoms with Crippen molar-refractivity contribution < 1.29 is 9.59 Å². The topological polar surface area (TPSA) is 73.8 Å². The van der Waals surface area contributed by atoms with Crippen LogP contribution in [0.2, 0.25) is 0 Å². The normalized spacial score (nSPS) is 14.8. The highest BCUT2D eigenvalue weighted by atomic mass is 16.2. The van der Waals surface area contributed by atoms with E-state index in [2.05, 4.69) is 32.9 Å². The van der Waals surface area contributed by atoms with Gasteiger partial charge in [-0.05, 0) is 56.5 Å². The lowest BCUT2D eigenvalue weighted by Gasteiger charge is -2.22. The molecule has 2 aromatic carbocycles. The zero-order chi connectivity index (χ0) is 20.6. The summed E-state index contributed by atoms with van der Waals surface area (Å²) in [7, 11) is 0. The average molecular weight is 393 g/mol. The molecule has 1 heterocycles. The van der Waals surface area contributed by atoms with E-state index in [4.69, 9.17) is 0 Å². The second-order valence-corrected chi connectivity index (χ2v) is 7.41. The highest BCUT2D eigenvalue weighted by Gasteiger charge is 2.14. The summed E-state index contributed by atoms with van der Waals surface area (Å²) < 4.78 is 0. The molecule has 1 aliphatic rings. The van der Waals surface area contributed by atoms with Gasteiger partial charge in [-0.2, -0.15) is 5.10 Å². The molecule has 0 radical (unpaired) electrons. The summed E-state index contributed by atoms with van der Waals surface area (Å²) >= 11 is 0. The molecule has 1 saturated heterocycles. The van der Waals surface area contributed by atoms with Gasteiger partial charge in [0.25, 0.3) is 0 Å². The molecule has 0 unspecified atom stereocenters. The minimum absolute atomic E-state index is 0.570. The molecule has 0 spiro atoms. The van der Waals surface area contributed by atoms with E-state index in [1.807, 2.05) is 31.2 Å². The maximum atomic E-state index is 12.0. The molecule has 0 bridgehead atoms. The third kappa shape index (κ3) is 5.91. The SMILES string of the molecule is C/C(=N/NC(=O)C(=O)Nc1ccc(C)cc1)c1ccc(N2CCCCCC2)cc1. The minimum Gasteiger partial charge on any atom is -0.372 e. The Morgan fingerprint density at radius 3 is 2.10 bits per heavy atom. The number of carbonyl (C=O) groups excluding carboxylic acids is 2. The fourth-order valence-corrected chi connectivity index (χ4v) is 3.32. The van der Waals surface area contributed by atoms with Gasteiger partial charge in [-0.1, -0.05) is 42.7 Å². The van der Waals surface area contributed by atoms with E-state index in [9.17, 15) is 9.59 Å². The Kier molecular flexibility index (Phi) is 7.00. The first kappa shape index (κ1) is 20.6. The van der Waals surface area contributed by atoms with E-state index in [0.29, 0.717) is 11.4 Å². The standard InChI is InChI=1S/C23H28N4O2/c1-17-7-11-20(12-8-17)24-22(28)23(29)26-25-18(2)19-9-13-21(14-10-19)27-15-5-3-4-6-16-27/h7-14H,3-6,15-16H2,1-2H3,(H,24,28)(H,26,29)/b25-18-. The van der Waals surface area contributed by atoms with Crippen LogP contribution in [-0.4, -0.2) is 30.6 Å². The molecule has 2 aromatic rings. The van der Waals surface area contributed by atoms with Crippen LogP contribution >= 0.6 is 0 Å². The number of carbonyl (C=O) groups is 2. The van der Waals surface area contributed by atoms with Crippen molar-refractivity contribution in [1.29, 1.82) is 0 Å². The molecule has 1 aliphatic heterocycles. The van der Waals surface area contributed by atoms with Gasteiger partial charge >= 0.3 is 11.8 Å². The molecule has 6 nitrogen and oxygen atoms in total. The maximum absolute atomic E-state index is 12.0. The van der Waals surface area contributed by atoms with Crippen molar-refractivity contribution in [3.8, 4) is 0 Å². The van der Waals surface area contributed by atoms with Crippen molar-refractivity contribution in [2.45, 2.75) is 39.5 Å². The second-order valence-electron chi connectivity index (χ2n) is 7.41. The third-order valence-electron chi connectivity index (χ3n) is 5.10. The van der Waals surface area contributed by atoms with Gasteiger partial charge in [0.15, 0.2) is 0 Å². The first-order valence-corrected chi connectivity index (χ1v) is 10.1. The van der Waals surface area contributed by atoms with Crippen molar-refractivity contribution in [1.82, 2.24) is 5.43 Å². The Bertz CT molecular complexity index is 865. The van der Waals surface area contributed by atoms with E-state index in [-0.39, 0.29) is 0 Å². The minimum atomic E-state index is -0.800. The van der Waals surface area contributed by atoms with Crippen LogP contribution in [0.1, 0.15) is 43.7 Å². The van der Waals surface area contributed by atoms with Gasteiger partial charge in [0.2, 0.25) is 0 Å². The fourth-order valence-electron chi connectivity index (χ4n) is 3.32. The van der Waals surface area contributed by atoms with Crippen molar-refractivity contribution >= 4 is 28.9 Å². The second kappa shape index (κ2) is 9.87. The smallest absolute Gasteiger partial charge is 0.329 e. The maximum Gasteiger partial charge on any atom is 0.329 e. The predicted octanol–water partition coefficient (Wildman–Crippen LogP) is 3.85. The lowest BCUT2D eigenvalue weighted by Crippen LogP contribution is -2.32. The molecule has 152 valence electrons. The van der Waals surface area contributed by atoms with Crippen molar-refractivity contribution in [3.63, 3.8) is 0 Å². The van der Waals surface area contributed by atoms with Gasteiger partial charge in [0.1, 0.15) is 0 Å². The molecule has 1 fully saturated rings. The van der Waals surface area contributed by atoms with Crippen LogP contribution in [0, 0.1) is 6.92 Å². The molecule has 0 saturated carbocycles. The molecule has 29 heavy (non-hydrogen) atoms. The first-order valence-electron chi connectivity index (χ1n) is 10.1. The van der Waals surface area contributed by atoms with Gasteiger partial charge in [0, 0.05) is 24.5 Å². The van der Waals surface area contributed by atoms with Crippen molar-refractivity contribution in [2.24, 2.45) is 5.10 Å². The number of amides is 2. The molecule has 6 heteroatoms. The van der Waals surface area contributed by atoms with E-state index in [0.717, 1.165) is 24.2 Å². The number of nitrogens with one attached hydrogen (secondary N) is 2. The monoisotopic (exact) mass is 392 g/mol. The van der Waals surface area contributed by atoms with E-state index >= 15 is 0 Å². The average Bonchev–Trinajstić information content (AvgIpc) is 3.03. The summed E-state index contributed by atoms with van der Waals surface area (Å²) in [6.07, 6.45) is 5.08. The number of nitrogens with zero attached hydrogens (tertiary/aromatic N) is 2. The van der Waals surface area contributed by atoms with Crippen LogP contribution in [0.25, 0.3) is 0 Å². The summed E-state index contributed by atoms with van der Waals surface area (Å²) in [5.41, 5.74) is 6.73. The molecular weight excluding hydrogens is 364 g/mol. The number of anilines is 2.